The standard InChI is InChI=1S/C41H24N4S/c1-3-14-26(15-4-1)39-42-40(27-16-5-2-6-17-27)44-41(43-39)45-32-24-23-25-13-7-8-18-28(25)34(32)35-29-19-9-10-20-30(29)38-36(37(35)45)31-21-11-12-22-33(31)46-38/h1-24H. The van der Waals surface area contributed by atoms with E-state index in [0.29, 0.717) is 17.6 Å². The lowest BCUT2D eigenvalue weighted by atomic mass is 9.97. The van der Waals surface area contributed by atoms with Crippen LogP contribution in [0, 0.1) is 0 Å². The average Bonchev–Trinajstić information content (AvgIpc) is 3.69. The number of thiophene rings is 1. The molecule has 0 N–H and O–H groups in total. The molecule has 10 rings (SSSR count). The fourth-order valence-electron chi connectivity index (χ4n) is 7.03. The van der Waals surface area contributed by atoms with Crippen LogP contribution < -0.4 is 0 Å². The predicted octanol–water partition coefficient (Wildman–Crippen LogP) is 11.0. The molecular formula is C41H24N4S. The van der Waals surface area contributed by atoms with Crippen LogP contribution in [-0.4, -0.2) is 19.5 Å². The Labute approximate surface area is 267 Å². The molecule has 0 aliphatic rings. The SMILES string of the molecule is c1ccc(-c2nc(-c3ccccc3)nc(-n3c4ccc5ccccc5c4c4c5ccccc5c5sc6ccccc6c5c43)n2)cc1. The van der Waals surface area contributed by atoms with Gasteiger partial charge in [0.15, 0.2) is 11.6 Å². The van der Waals surface area contributed by atoms with Crippen molar-refractivity contribution in [1.29, 1.82) is 0 Å². The Morgan fingerprint density at radius 2 is 1.02 bits per heavy atom. The molecule has 0 saturated carbocycles. The van der Waals surface area contributed by atoms with Crippen molar-refractivity contribution in [1.82, 2.24) is 19.5 Å². The fourth-order valence-corrected chi connectivity index (χ4v) is 8.28. The molecule has 0 saturated heterocycles. The molecule has 0 amide bonds. The lowest BCUT2D eigenvalue weighted by Crippen LogP contribution is -2.06. The van der Waals surface area contributed by atoms with Crippen LogP contribution in [0.3, 0.4) is 0 Å². The summed E-state index contributed by atoms with van der Waals surface area (Å²) in [6.45, 7) is 0. The summed E-state index contributed by atoms with van der Waals surface area (Å²) in [5, 5.41) is 9.84. The van der Waals surface area contributed by atoms with Gasteiger partial charge in [-0.1, -0.05) is 133 Å². The lowest BCUT2D eigenvalue weighted by molar-refractivity contribution is 0.955. The number of rotatable bonds is 3. The molecule has 3 heterocycles. The van der Waals surface area contributed by atoms with E-state index in [9.17, 15) is 0 Å². The molecule has 214 valence electrons. The number of hydrogen-bond donors (Lipinski definition) is 0. The van der Waals surface area contributed by atoms with Gasteiger partial charge in [0.2, 0.25) is 5.95 Å². The Bertz CT molecular complexity index is 2740. The first-order valence-corrected chi connectivity index (χ1v) is 16.2. The highest BCUT2D eigenvalue weighted by Gasteiger charge is 2.25. The maximum atomic E-state index is 5.25. The van der Waals surface area contributed by atoms with Crippen LogP contribution in [0.4, 0.5) is 0 Å². The molecule has 3 aromatic heterocycles. The summed E-state index contributed by atoms with van der Waals surface area (Å²) >= 11 is 1.86. The number of aromatic nitrogens is 4. The van der Waals surface area contributed by atoms with Gasteiger partial charge in [0, 0.05) is 47.5 Å². The Balaban J connectivity index is 1.47. The first kappa shape index (κ1) is 25.4. The van der Waals surface area contributed by atoms with E-state index in [1.165, 1.54) is 52.5 Å². The zero-order valence-electron chi connectivity index (χ0n) is 24.6. The number of fused-ring (bicyclic) bond motifs is 12. The second kappa shape index (κ2) is 9.80. The molecule has 10 aromatic rings. The Morgan fingerprint density at radius 1 is 0.435 bits per heavy atom. The maximum Gasteiger partial charge on any atom is 0.238 e. The Kier molecular flexibility index (Phi) is 5.41. The second-order valence-corrected chi connectivity index (χ2v) is 12.7. The van der Waals surface area contributed by atoms with Gasteiger partial charge in [0.05, 0.1) is 11.0 Å². The van der Waals surface area contributed by atoms with Crippen LogP contribution in [0.25, 0.3) is 92.2 Å². The third kappa shape index (κ3) is 3.63. The van der Waals surface area contributed by atoms with Crippen molar-refractivity contribution in [2.45, 2.75) is 0 Å². The van der Waals surface area contributed by atoms with Crippen LogP contribution in [0.15, 0.2) is 146 Å². The van der Waals surface area contributed by atoms with Crippen molar-refractivity contribution < 1.29 is 0 Å². The highest BCUT2D eigenvalue weighted by atomic mass is 32.1. The van der Waals surface area contributed by atoms with E-state index in [-0.39, 0.29) is 0 Å². The molecule has 0 radical (unpaired) electrons. The second-order valence-electron chi connectivity index (χ2n) is 11.6. The van der Waals surface area contributed by atoms with E-state index in [1.54, 1.807) is 0 Å². The number of hydrogen-bond acceptors (Lipinski definition) is 4. The zero-order valence-corrected chi connectivity index (χ0v) is 25.4. The van der Waals surface area contributed by atoms with Crippen molar-refractivity contribution in [3.63, 3.8) is 0 Å². The first-order chi connectivity index (χ1) is 22.8. The summed E-state index contributed by atoms with van der Waals surface area (Å²) in [5.74, 6) is 1.90. The van der Waals surface area contributed by atoms with Gasteiger partial charge in [-0.2, -0.15) is 9.97 Å². The molecule has 7 aromatic carbocycles. The average molecular weight is 605 g/mol. The summed E-state index contributed by atoms with van der Waals surface area (Å²) in [6.07, 6.45) is 0. The molecule has 0 bridgehead atoms. The van der Waals surface area contributed by atoms with Crippen LogP contribution in [0.5, 0.6) is 0 Å². The van der Waals surface area contributed by atoms with Crippen LogP contribution in [-0.2, 0) is 0 Å². The molecule has 5 heteroatoms. The third-order valence-corrected chi connectivity index (χ3v) is 10.2. The van der Waals surface area contributed by atoms with Crippen molar-refractivity contribution in [3.05, 3.63) is 146 Å². The molecule has 4 nitrogen and oxygen atoms in total. The van der Waals surface area contributed by atoms with E-state index < -0.39 is 0 Å². The Hall–Kier alpha value is -5.91. The van der Waals surface area contributed by atoms with Crippen molar-refractivity contribution in [3.8, 4) is 28.7 Å². The fraction of sp³-hybridized carbons (Fsp3) is 0. The van der Waals surface area contributed by atoms with E-state index in [2.05, 4.69) is 114 Å². The van der Waals surface area contributed by atoms with Gasteiger partial charge in [-0.25, -0.2) is 4.98 Å². The Morgan fingerprint density at radius 3 is 1.74 bits per heavy atom. The molecular weight excluding hydrogens is 581 g/mol. The maximum absolute atomic E-state index is 5.25. The normalized spacial score (nSPS) is 11.9. The van der Waals surface area contributed by atoms with Gasteiger partial charge in [-0.05, 0) is 28.3 Å². The lowest BCUT2D eigenvalue weighted by Gasteiger charge is -2.12. The topological polar surface area (TPSA) is 43.6 Å². The molecule has 0 aliphatic heterocycles. The minimum Gasteiger partial charge on any atom is -0.277 e. The van der Waals surface area contributed by atoms with Gasteiger partial charge in [-0.15, -0.1) is 11.3 Å². The minimum absolute atomic E-state index is 0.606. The molecule has 0 fully saturated rings. The van der Waals surface area contributed by atoms with Gasteiger partial charge in [0.25, 0.3) is 0 Å². The monoisotopic (exact) mass is 604 g/mol. The van der Waals surface area contributed by atoms with Gasteiger partial charge in [-0.3, -0.25) is 4.57 Å². The summed E-state index contributed by atoms with van der Waals surface area (Å²) in [4.78, 5) is 15.5. The van der Waals surface area contributed by atoms with E-state index in [1.807, 2.05) is 47.7 Å². The largest absolute Gasteiger partial charge is 0.277 e. The van der Waals surface area contributed by atoms with Crippen molar-refractivity contribution in [2.75, 3.05) is 0 Å². The van der Waals surface area contributed by atoms with Crippen LogP contribution >= 0.6 is 11.3 Å². The van der Waals surface area contributed by atoms with Crippen molar-refractivity contribution >= 4 is 74.9 Å². The van der Waals surface area contributed by atoms with E-state index in [4.69, 9.17) is 15.0 Å². The molecule has 0 atom stereocenters. The van der Waals surface area contributed by atoms with Crippen LogP contribution in [0.2, 0.25) is 0 Å². The third-order valence-electron chi connectivity index (χ3n) is 9.02. The summed E-state index contributed by atoms with van der Waals surface area (Å²) in [5.41, 5.74) is 4.10. The number of benzene rings is 7. The smallest absolute Gasteiger partial charge is 0.238 e. The van der Waals surface area contributed by atoms with Crippen molar-refractivity contribution in [2.24, 2.45) is 0 Å². The molecule has 46 heavy (non-hydrogen) atoms. The van der Waals surface area contributed by atoms with Gasteiger partial charge in [0.1, 0.15) is 0 Å². The van der Waals surface area contributed by atoms with E-state index >= 15 is 0 Å². The minimum atomic E-state index is 0.606. The van der Waals surface area contributed by atoms with Crippen LogP contribution in [0.1, 0.15) is 0 Å². The molecule has 0 aliphatic carbocycles. The molecule has 0 spiro atoms. The van der Waals surface area contributed by atoms with Gasteiger partial charge < -0.3 is 0 Å². The summed E-state index contributed by atoms with van der Waals surface area (Å²) in [6, 6.07) is 51.1. The number of nitrogens with zero attached hydrogens (tertiary/aromatic N) is 4. The highest BCUT2D eigenvalue weighted by Crippen LogP contribution is 2.48. The summed E-state index contributed by atoms with van der Waals surface area (Å²) in [7, 11) is 0. The van der Waals surface area contributed by atoms with Gasteiger partial charge >= 0.3 is 0 Å². The van der Waals surface area contributed by atoms with E-state index in [0.717, 1.165) is 22.2 Å². The first-order valence-electron chi connectivity index (χ1n) is 15.4. The molecule has 0 unspecified atom stereocenters. The predicted molar refractivity (Wildman–Crippen MR) is 193 cm³/mol. The zero-order chi connectivity index (χ0) is 30.2. The quantitative estimate of drug-likeness (QED) is 0.201. The highest BCUT2D eigenvalue weighted by molar-refractivity contribution is 7.27. The summed E-state index contributed by atoms with van der Waals surface area (Å²) < 4.78 is 4.84.